The van der Waals surface area contributed by atoms with Crippen LogP contribution in [0.3, 0.4) is 0 Å². The molecule has 144 valence electrons. The van der Waals surface area contributed by atoms with Gasteiger partial charge in [-0.25, -0.2) is 8.42 Å². The highest BCUT2D eigenvalue weighted by Gasteiger charge is 2.16. The smallest absolute Gasteiger partial charge is 0.261 e. The Labute approximate surface area is 165 Å². The van der Waals surface area contributed by atoms with Crippen LogP contribution >= 0.6 is 0 Å². The summed E-state index contributed by atoms with van der Waals surface area (Å²) in [5.41, 5.74) is 4.44. The van der Waals surface area contributed by atoms with Gasteiger partial charge in [-0.15, -0.1) is 0 Å². The fourth-order valence-electron chi connectivity index (χ4n) is 2.88. The third-order valence-electron chi connectivity index (χ3n) is 4.44. The van der Waals surface area contributed by atoms with Crippen LogP contribution in [0.5, 0.6) is 0 Å². The molecule has 0 aromatic heterocycles. The van der Waals surface area contributed by atoms with Gasteiger partial charge < -0.3 is 5.32 Å². The lowest BCUT2D eigenvalue weighted by atomic mass is 10.1. The van der Waals surface area contributed by atoms with E-state index >= 15 is 0 Å². The van der Waals surface area contributed by atoms with E-state index in [1.165, 1.54) is 12.1 Å². The van der Waals surface area contributed by atoms with Gasteiger partial charge in [0.1, 0.15) is 0 Å². The number of aryl methyl sites for hydroxylation is 3. The predicted octanol–water partition coefficient (Wildman–Crippen LogP) is 4.66. The monoisotopic (exact) mass is 394 g/mol. The molecule has 0 saturated heterocycles. The van der Waals surface area contributed by atoms with Crippen molar-refractivity contribution in [3.63, 3.8) is 0 Å². The first kappa shape index (κ1) is 19.6. The van der Waals surface area contributed by atoms with Gasteiger partial charge in [0, 0.05) is 11.3 Å². The summed E-state index contributed by atoms with van der Waals surface area (Å²) >= 11 is 0. The van der Waals surface area contributed by atoms with Crippen molar-refractivity contribution in [1.82, 2.24) is 0 Å². The minimum Gasteiger partial charge on any atom is -0.322 e. The van der Waals surface area contributed by atoms with Crippen molar-refractivity contribution < 1.29 is 13.2 Å². The van der Waals surface area contributed by atoms with Crippen molar-refractivity contribution in [1.29, 1.82) is 0 Å². The highest BCUT2D eigenvalue weighted by molar-refractivity contribution is 7.92. The lowest BCUT2D eigenvalue weighted by Gasteiger charge is -2.12. The Morgan fingerprint density at radius 1 is 0.821 bits per heavy atom. The van der Waals surface area contributed by atoms with E-state index in [4.69, 9.17) is 0 Å². The quantitative estimate of drug-likeness (QED) is 0.661. The normalized spacial score (nSPS) is 11.1. The van der Waals surface area contributed by atoms with Crippen LogP contribution in [-0.4, -0.2) is 14.3 Å². The first-order chi connectivity index (χ1) is 13.3. The van der Waals surface area contributed by atoms with Crippen LogP contribution in [0.2, 0.25) is 0 Å². The molecular formula is C22H22N2O3S. The van der Waals surface area contributed by atoms with Crippen molar-refractivity contribution in [3.8, 4) is 0 Å². The maximum atomic E-state index is 12.6. The molecule has 0 unspecified atom stereocenters. The summed E-state index contributed by atoms with van der Waals surface area (Å²) in [6.45, 7) is 5.67. The molecule has 6 heteroatoms. The van der Waals surface area contributed by atoms with Gasteiger partial charge in [-0.1, -0.05) is 35.9 Å². The van der Waals surface area contributed by atoms with Crippen molar-refractivity contribution in [3.05, 3.63) is 89.0 Å². The molecule has 0 bridgehead atoms. The van der Waals surface area contributed by atoms with Gasteiger partial charge in [-0.2, -0.15) is 0 Å². The molecular weight excluding hydrogens is 372 g/mol. The average molecular weight is 394 g/mol. The third kappa shape index (κ3) is 4.40. The van der Waals surface area contributed by atoms with Crippen molar-refractivity contribution in [2.24, 2.45) is 0 Å². The van der Waals surface area contributed by atoms with E-state index < -0.39 is 10.0 Å². The molecule has 0 saturated carbocycles. The second-order valence-electron chi connectivity index (χ2n) is 6.72. The first-order valence-electron chi connectivity index (χ1n) is 8.83. The molecule has 5 nitrogen and oxygen atoms in total. The summed E-state index contributed by atoms with van der Waals surface area (Å²) in [6, 6.07) is 18.9. The van der Waals surface area contributed by atoms with Crippen LogP contribution in [0.4, 0.5) is 11.4 Å². The maximum absolute atomic E-state index is 12.6. The Morgan fingerprint density at radius 3 is 2.14 bits per heavy atom. The molecule has 1 amide bonds. The van der Waals surface area contributed by atoms with Gasteiger partial charge in [0.25, 0.3) is 15.9 Å². The predicted molar refractivity (Wildman–Crippen MR) is 112 cm³/mol. The molecule has 0 aliphatic carbocycles. The number of carbonyl (C=O) groups excluding carboxylic acids is 1. The summed E-state index contributed by atoms with van der Waals surface area (Å²) in [7, 11) is -3.72. The summed E-state index contributed by atoms with van der Waals surface area (Å²) < 4.78 is 27.9. The molecule has 28 heavy (non-hydrogen) atoms. The van der Waals surface area contributed by atoms with Gasteiger partial charge in [0.05, 0.1) is 10.6 Å². The standard InChI is InChI=1S/C22H22N2O3S/c1-15-8-13-21(17(3)14-15)24-28(26,27)19-11-9-18(10-12-19)23-22(25)20-7-5-4-6-16(20)2/h4-14,24H,1-3H3,(H,23,25). The lowest BCUT2D eigenvalue weighted by molar-refractivity contribution is 0.102. The van der Waals surface area contributed by atoms with Crippen LogP contribution in [0.15, 0.2) is 71.6 Å². The Balaban J connectivity index is 1.76. The van der Waals surface area contributed by atoms with Crippen LogP contribution in [0.1, 0.15) is 27.0 Å². The molecule has 3 aromatic rings. The van der Waals surface area contributed by atoms with Crippen molar-refractivity contribution in [2.75, 3.05) is 10.0 Å². The summed E-state index contributed by atoms with van der Waals surface area (Å²) in [6.07, 6.45) is 0. The van der Waals surface area contributed by atoms with Crippen LogP contribution in [0, 0.1) is 20.8 Å². The fraction of sp³-hybridized carbons (Fsp3) is 0.136. The van der Waals surface area contributed by atoms with Gasteiger partial charge in [-0.3, -0.25) is 9.52 Å². The first-order valence-corrected chi connectivity index (χ1v) is 10.3. The Bertz CT molecular complexity index is 1120. The number of sulfonamides is 1. The number of hydrogen-bond donors (Lipinski definition) is 2. The van der Waals surface area contributed by atoms with E-state index in [1.807, 2.05) is 45.0 Å². The summed E-state index contributed by atoms with van der Waals surface area (Å²) in [5.74, 6) is -0.234. The molecule has 0 spiro atoms. The number of carbonyl (C=O) groups is 1. The number of amides is 1. The highest BCUT2D eigenvalue weighted by Crippen LogP contribution is 2.22. The second-order valence-corrected chi connectivity index (χ2v) is 8.40. The summed E-state index contributed by atoms with van der Waals surface area (Å²) in [5, 5.41) is 2.79. The number of benzene rings is 3. The Hall–Kier alpha value is -3.12. The molecule has 0 atom stereocenters. The third-order valence-corrected chi connectivity index (χ3v) is 5.82. The van der Waals surface area contributed by atoms with E-state index in [-0.39, 0.29) is 10.8 Å². The minimum atomic E-state index is -3.72. The Kier molecular flexibility index (Phi) is 5.51. The summed E-state index contributed by atoms with van der Waals surface area (Å²) in [4.78, 5) is 12.5. The number of rotatable bonds is 5. The van der Waals surface area contributed by atoms with E-state index in [2.05, 4.69) is 10.0 Å². The minimum absolute atomic E-state index is 0.126. The molecule has 0 radical (unpaired) electrons. The van der Waals surface area contributed by atoms with Gasteiger partial charge in [0.15, 0.2) is 0 Å². The fourth-order valence-corrected chi connectivity index (χ4v) is 4.01. The van der Waals surface area contributed by atoms with Crippen molar-refractivity contribution in [2.45, 2.75) is 25.7 Å². The van der Waals surface area contributed by atoms with Gasteiger partial charge >= 0.3 is 0 Å². The number of hydrogen-bond acceptors (Lipinski definition) is 3. The molecule has 0 fully saturated rings. The van der Waals surface area contributed by atoms with E-state index in [0.717, 1.165) is 16.7 Å². The average Bonchev–Trinajstić information content (AvgIpc) is 2.65. The van der Waals surface area contributed by atoms with Crippen molar-refractivity contribution >= 4 is 27.3 Å². The van der Waals surface area contributed by atoms with Crippen LogP contribution in [0.25, 0.3) is 0 Å². The van der Waals surface area contributed by atoms with Crippen LogP contribution < -0.4 is 10.0 Å². The zero-order chi connectivity index (χ0) is 20.3. The number of nitrogens with one attached hydrogen (secondary N) is 2. The number of anilines is 2. The zero-order valence-electron chi connectivity index (χ0n) is 16.0. The zero-order valence-corrected chi connectivity index (χ0v) is 16.8. The topological polar surface area (TPSA) is 75.3 Å². The van der Waals surface area contributed by atoms with E-state index in [1.54, 1.807) is 30.3 Å². The van der Waals surface area contributed by atoms with Crippen LogP contribution in [-0.2, 0) is 10.0 Å². The highest BCUT2D eigenvalue weighted by atomic mass is 32.2. The maximum Gasteiger partial charge on any atom is 0.261 e. The second kappa shape index (κ2) is 7.86. The van der Waals surface area contributed by atoms with Gasteiger partial charge in [-0.05, 0) is 68.3 Å². The molecule has 2 N–H and O–H groups in total. The van der Waals surface area contributed by atoms with Gasteiger partial charge in [0.2, 0.25) is 0 Å². The Morgan fingerprint density at radius 2 is 1.50 bits per heavy atom. The van der Waals surface area contributed by atoms with E-state index in [0.29, 0.717) is 16.9 Å². The SMILES string of the molecule is Cc1ccc(NS(=O)(=O)c2ccc(NC(=O)c3ccccc3C)cc2)c(C)c1. The molecule has 0 aliphatic heterocycles. The lowest BCUT2D eigenvalue weighted by Crippen LogP contribution is -2.15. The molecule has 3 aromatic carbocycles. The molecule has 3 rings (SSSR count). The molecule has 0 heterocycles. The molecule has 0 aliphatic rings. The van der Waals surface area contributed by atoms with E-state index in [9.17, 15) is 13.2 Å². The largest absolute Gasteiger partial charge is 0.322 e.